The highest BCUT2D eigenvalue weighted by Gasteiger charge is 2.25. The third kappa shape index (κ3) is 4.53. The minimum atomic E-state index is -0.336. The molecule has 8 heteroatoms. The van der Waals surface area contributed by atoms with Crippen LogP contribution in [0.5, 0.6) is 0 Å². The van der Waals surface area contributed by atoms with Gasteiger partial charge < -0.3 is 15.4 Å². The number of hydrogen-bond acceptors (Lipinski definition) is 6. The van der Waals surface area contributed by atoms with E-state index in [1.807, 2.05) is 36.4 Å². The highest BCUT2D eigenvalue weighted by molar-refractivity contribution is 6.30. The fourth-order valence-corrected chi connectivity index (χ4v) is 4.24. The van der Waals surface area contributed by atoms with Gasteiger partial charge >= 0.3 is 0 Å². The molecule has 1 saturated heterocycles. The third-order valence-corrected chi connectivity index (χ3v) is 5.92. The van der Waals surface area contributed by atoms with E-state index in [2.05, 4.69) is 37.3 Å². The van der Waals surface area contributed by atoms with Crippen molar-refractivity contribution in [3.05, 3.63) is 59.0 Å². The summed E-state index contributed by atoms with van der Waals surface area (Å²) < 4.78 is 5.32. The molecule has 1 aromatic heterocycles. The fraction of sp³-hybridized carbons (Fsp3) is 0.292. The predicted molar refractivity (Wildman–Crippen MR) is 125 cm³/mol. The summed E-state index contributed by atoms with van der Waals surface area (Å²) in [5.41, 5.74) is 4.59. The standard InChI is InChI=1S/C24H22ClN5O2/c25-17-4-3-16-12-22(29-21(16)13-17)24-19-14-18(5-6-20(19)26-15-27-24)28-23(31)2-1-7-30-8-10-32-11-9-30/h3-6,13-15,22,29H,7-12H2,(H,28,31). The van der Waals surface area contributed by atoms with E-state index in [0.29, 0.717) is 30.5 Å². The number of morpholine rings is 1. The second-order valence-corrected chi connectivity index (χ2v) is 8.27. The van der Waals surface area contributed by atoms with Gasteiger partial charge in [-0.25, -0.2) is 9.97 Å². The average Bonchev–Trinajstić information content (AvgIpc) is 3.22. The number of carbonyl (C=O) groups is 1. The summed E-state index contributed by atoms with van der Waals surface area (Å²) in [6.07, 6.45) is 2.38. The Hall–Kier alpha value is -3.18. The van der Waals surface area contributed by atoms with Crippen molar-refractivity contribution in [2.24, 2.45) is 0 Å². The monoisotopic (exact) mass is 447 g/mol. The Morgan fingerprint density at radius 2 is 2.09 bits per heavy atom. The maximum Gasteiger partial charge on any atom is 0.300 e. The van der Waals surface area contributed by atoms with Gasteiger partial charge in [-0.3, -0.25) is 9.69 Å². The van der Waals surface area contributed by atoms with Crippen LogP contribution >= 0.6 is 11.6 Å². The summed E-state index contributed by atoms with van der Waals surface area (Å²) in [7, 11) is 0. The average molecular weight is 448 g/mol. The molecule has 0 bridgehead atoms. The Morgan fingerprint density at radius 1 is 1.22 bits per heavy atom. The number of ether oxygens (including phenoxy) is 1. The first-order valence-electron chi connectivity index (χ1n) is 10.6. The summed E-state index contributed by atoms with van der Waals surface area (Å²) in [6, 6.07) is 11.5. The molecular weight excluding hydrogens is 426 g/mol. The van der Waals surface area contributed by atoms with Gasteiger partial charge in [0.2, 0.25) is 0 Å². The van der Waals surface area contributed by atoms with Crippen LogP contribution in [0.3, 0.4) is 0 Å². The molecule has 1 fully saturated rings. The number of nitrogens with one attached hydrogen (secondary N) is 2. The summed E-state index contributed by atoms with van der Waals surface area (Å²) in [5, 5.41) is 7.96. The van der Waals surface area contributed by atoms with E-state index in [-0.39, 0.29) is 11.9 Å². The summed E-state index contributed by atoms with van der Waals surface area (Å²) in [4.78, 5) is 23.4. The number of benzene rings is 2. The number of hydrogen-bond donors (Lipinski definition) is 2. The lowest BCUT2D eigenvalue weighted by Gasteiger charge is -2.24. The maximum atomic E-state index is 12.3. The number of aromatic nitrogens is 2. The van der Waals surface area contributed by atoms with Gasteiger partial charge in [-0.1, -0.05) is 23.6 Å². The quantitative estimate of drug-likeness (QED) is 0.600. The molecule has 5 rings (SSSR count). The number of carbonyl (C=O) groups excluding carboxylic acids is 1. The Kier molecular flexibility index (Phi) is 5.91. The van der Waals surface area contributed by atoms with Crippen molar-refractivity contribution in [2.45, 2.75) is 12.5 Å². The molecule has 3 heterocycles. The van der Waals surface area contributed by atoms with Crippen molar-refractivity contribution in [3.63, 3.8) is 0 Å². The van der Waals surface area contributed by atoms with E-state index < -0.39 is 0 Å². The van der Waals surface area contributed by atoms with Crippen LogP contribution in [0, 0.1) is 11.8 Å². The summed E-state index contributed by atoms with van der Waals surface area (Å²) in [5.74, 6) is 5.28. The summed E-state index contributed by atoms with van der Waals surface area (Å²) >= 11 is 6.14. The second kappa shape index (κ2) is 9.13. The van der Waals surface area contributed by atoms with Crippen molar-refractivity contribution in [3.8, 4) is 11.8 Å². The minimum absolute atomic E-state index is 0.00762. The van der Waals surface area contributed by atoms with Crippen molar-refractivity contribution < 1.29 is 9.53 Å². The Bertz CT molecular complexity index is 1230. The molecule has 0 radical (unpaired) electrons. The third-order valence-electron chi connectivity index (χ3n) is 5.69. The zero-order valence-corrected chi connectivity index (χ0v) is 18.2. The highest BCUT2D eigenvalue weighted by Crippen LogP contribution is 2.37. The van der Waals surface area contributed by atoms with Crippen LogP contribution in [0.2, 0.25) is 5.02 Å². The van der Waals surface area contributed by atoms with E-state index in [9.17, 15) is 4.79 Å². The Labute approximate surface area is 191 Å². The van der Waals surface area contributed by atoms with Crippen molar-refractivity contribution in [2.75, 3.05) is 43.5 Å². The summed E-state index contributed by atoms with van der Waals surface area (Å²) in [6.45, 7) is 3.67. The highest BCUT2D eigenvalue weighted by atomic mass is 35.5. The number of anilines is 2. The molecule has 162 valence electrons. The SMILES string of the molecule is O=C(C#CCN1CCOCC1)Nc1ccc2ncnc(C3Cc4ccc(Cl)cc4N3)c2c1. The molecule has 0 spiro atoms. The fourth-order valence-electron chi connectivity index (χ4n) is 4.07. The molecule has 1 unspecified atom stereocenters. The molecule has 1 amide bonds. The van der Waals surface area contributed by atoms with Gasteiger partial charge in [0.1, 0.15) is 6.33 Å². The van der Waals surface area contributed by atoms with E-state index in [1.54, 1.807) is 6.33 Å². The first kappa shape index (κ1) is 20.7. The number of rotatable bonds is 3. The van der Waals surface area contributed by atoms with Gasteiger partial charge in [0.25, 0.3) is 5.91 Å². The van der Waals surface area contributed by atoms with Crippen LogP contribution < -0.4 is 10.6 Å². The molecule has 0 saturated carbocycles. The molecule has 3 aromatic rings. The van der Waals surface area contributed by atoms with Gasteiger partial charge in [-0.2, -0.15) is 0 Å². The number of amides is 1. The molecule has 7 nitrogen and oxygen atoms in total. The van der Waals surface area contributed by atoms with Crippen LogP contribution in [0.1, 0.15) is 17.3 Å². The van der Waals surface area contributed by atoms with Crippen molar-refractivity contribution in [1.29, 1.82) is 0 Å². The molecular formula is C24H22ClN5O2. The minimum Gasteiger partial charge on any atom is -0.379 e. The van der Waals surface area contributed by atoms with Gasteiger partial charge in [-0.05, 0) is 41.8 Å². The predicted octanol–water partition coefficient (Wildman–Crippen LogP) is 3.27. The van der Waals surface area contributed by atoms with Crippen LogP contribution in [0.4, 0.5) is 11.4 Å². The van der Waals surface area contributed by atoms with Crippen LogP contribution in [0.25, 0.3) is 10.9 Å². The van der Waals surface area contributed by atoms with Gasteiger partial charge in [0.05, 0.1) is 37.0 Å². The number of halogens is 1. The smallest absolute Gasteiger partial charge is 0.300 e. The molecule has 2 N–H and O–H groups in total. The van der Waals surface area contributed by atoms with E-state index >= 15 is 0 Å². The molecule has 2 aliphatic rings. The van der Waals surface area contributed by atoms with Crippen molar-refractivity contribution >= 4 is 39.8 Å². The van der Waals surface area contributed by atoms with Gasteiger partial charge in [0.15, 0.2) is 0 Å². The van der Waals surface area contributed by atoms with Gasteiger partial charge in [0, 0.05) is 41.3 Å². The molecule has 2 aliphatic heterocycles. The van der Waals surface area contributed by atoms with E-state index in [1.165, 1.54) is 5.56 Å². The molecule has 1 atom stereocenters. The lowest BCUT2D eigenvalue weighted by atomic mass is 10.0. The molecule has 2 aromatic carbocycles. The van der Waals surface area contributed by atoms with E-state index in [4.69, 9.17) is 16.3 Å². The zero-order valence-electron chi connectivity index (χ0n) is 17.4. The first-order valence-corrected chi connectivity index (χ1v) is 10.9. The normalized spacial score (nSPS) is 17.8. The zero-order chi connectivity index (χ0) is 21.9. The lowest BCUT2D eigenvalue weighted by Crippen LogP contribution is -2.36. The maximum absolute atomic E-state index is 12.3. The van der Waals surface area contributed by atoms with Crippen LogP contribution in [0.15, 0.2) is 42.7 Å². The molecule has 0 aliphatic carbocycles. The van der Waals surface area contributed by atoms with Crippen LogP contribution in [-0.4, -0.2) is 53.6 Å². The molecule has 32 heavy (non-hydrogen) atoms. The van der Waals surface area contributed by atoms with Gasteiger partial charge in [-0.15, -0.1) is 0 Å². The first-order chi connectivity index (χ1) is 15.7. The van der Waals surface area contributed by atoms with Crippen LogP contribution in [-0.2, 0) is 16.0 Å². The number of nitrogens with zero attached hydrogens (tertiary/aromatic N) is 3. The lowest BCUT2D eigenvalue weighted by molar-refractivity contribution is -0.111. The topological polar surface area (TPSA) is 79.4 Å². The largest absolute Gasteiger partial charge is 0.379 e. The Morgan fingerprint density at radius 3 is 2.97 bits per heavy atom. The van der Waals surface area contributed by atoms with E-state index in [0.717, 1.165) is 41.8 Å². The second-order valence-electron chi connectivity index (χ2n) is 7.84. The number of fused-ring (bicyclic) bond motifs is 2. The Balaban J connectivity index is 1.32. The van der Waals surface area contributed by atoms with Crippen molar-refractivity contribution in [1.82, 2.24) is 14.9 Å².